The number of alkyl halides is 4. The molecule has 88 valence electrons. The van der Waals surface area contributed by atoms with Gasteiger partial charge in [0.15, 0.2) is 0 Å². The Morgan fingerprint density at radius 3 is 2.60 bits per heavy atom. The maximum Gasteiger partial charge on any atom is 0.0526 e. The molecule has 0 aromatic carbocycles. The van der Waals surface area contributed by atoms with Gasteiger partial charge in [-0.3, -0.25) is 0 Å². The highest BCUT2D eigenvalue weighted by Gasteiger charge is 2.49. The number of hydrogen-bond donors (Lipinski definition) is 0. The van der Waals surface area contributed by atoms with E-state index in [2.05, 4.69) is 38.8 Å². The molecule has 0 aliphatic heterocycles. The summed E-state index contributed by atoms with van der Waals surface area (Å²) in [7, 11) is 0. The van der Waals surface area contributed by atoms with Crippen molar-refractivity contribution in [2.75, 3.05) is 5.88 Å². The zero-order valence-electron chi connectivity index (χ0n) is 8.32. The summed E-state index contributed by atoms with van der Waals surface area (Å²) < 4.78 is -0.106. The molecule has 0 saturated heterocycles. The van der Waals surface area contributed by atoms with Crippen LogP contribution < -0.4 is 0 Å². The second-order valence-electron chi connectivity index (χ2n) is 4.31. The fraction of sp³-hybridized carbons (Fsp3) is 0.800. The van der Waals surface area contributed by atoms with Crippen molar-refractivity contribution in [3.8, 4) is 0 Å². The zero-order valence-corrected chi connectivity index (χ0v) is 13.8. The highest BCUT2D eigenvalue weighted by molar-refractivity contribution is 9.12. The lowest BCUT2D eigenvalue weighted by molar-refractivity contribution is 0.267. The van der Waals surface area contributed by atoms with E-state index in [1.807, 2.05) is 6.08 Å². The summed E-state index contributed by atoms with van der Waals surface area (Å²) in [5, 5.41) is 0.0748. The summed E-state index contributed by atoms with van der Waals surface area (Å²) in [4.78, 5) is 0.293. The average molecular weight is 399 g/mol. The molecule has 0 nitrogen and oxygen atoms in total. The molecule has 1 rings (SSSR count). The van der Waals surface area contributed by atoms with Crippen molar-refractivity contribution in [2.24, 2.45) is 5.41 Å². The Hall–Kier alpha value is 1.57. The first-order valence-electron chi connectivity index (χ1n) is 4.69. The largest absolute Gasteiger partial charge is 0.125 e. The van der Waals surface area contributed by atoms with Gasteiger partial charge in [0.2, 0.25) is 0 Å². The van der Waals surface area contributed by atoms with Gasteiger partial charge in [-0.05, 0) is 12.8 Å². The summed E-state index contributed by atoms with van der Waals surface area (Å²) in [6.07, 6.45) is 3.71. The topological polar surface area (TPSA) is 0 Å². The van der Waals surface area contributed by atoms with Crippen LogP contribution in [-0.4, -0.2) is 20.4 Å². The van der Waals surface area contributed by atoms with Crippen LogP contribution in [-0.2, 0) is 0 Å². The van der Waals surface area contributed by atoms with E-state index in [9.17, 15) is 0 Å². The van der Waals surface area contributed by atoms with Crippen LogP contribution in [0.1, 0.15) is 19.8 Å². The van der Waals surface area contributed by atoms with Crippen molar-refractivity contribution in [3.63, 3.8) is 0 Å². The van der Waals surface area contributed by atoms with Gasteiger partial charge in [0.1, 0.15) is 0 Å². The molecule has 0 bridgehead atoms. The van der Waals surface area contributed by atoms with Crippen molar-refractivity contribution in [3.05, 3.63) is 11.6 Å². The monoisotopic (exact) mass is 396 g/mol. The van der Waals surface area contributed by atoms with Crippen molar-refractivity contribution in [2.45, 2.75) is 34.3 Å². The SMILES string of the molecule is C[C@@]1(/C=C/Cl)C[C@@](Br)(CCl)[C@H](Br)C[C@@H]1Cl. The van der Waals surface area contributed by atoms with Crippen molar-refractivity contribution < 1.29 is 0 Å². The fourth-order valence-electron chi connectivity index (χ4n) is 1.96. The Bertz CT molecular complexity index is 259. The van der Waals surface area contributed by atoms with Gasteiger partial charge >= 0.3 is 0 Å². The van der Waals surface area contributed by atoms with Gasteiger partial charge < -0.3 is 0 Å². The fourth-order valence-corrected chi connectivity index (χ4v) is 4.74. The summed E-state index contributed by atoms with van der Waals surface area (Å²) >= 11 is 25.4. The van der Waals surface area contributed by atoms with Gasteiger partial charge in [0.05, 0.1) is 4.32 Å². The van der Waals surface area contributed by atoms with Crippen molar-refractivity contribution in [1.29, 1.82) is 0 Å². The molecule has 15 heavy (non-hydrogen) atoms. The first-order chi connectivity index (χ1) is 6.88. The van der Waals surface area contributed by atoms with Crippen LogP contribution in [0, 0.1) is 5.41 Å². The van der Waals surface area contributed by atoms with Crippen molar-refractivity contribution >= 4 is 66.7 Å². The maximum absolute atomic E-state index is 6.38. The van der Waals surface area contributed by atoms with Crippen LogP contribution in [0.2, 0.25) is 0 Å². The smallest absolute Gasteiger partial charge is 0.0526 e. The molecule has 0 N–H and O–H groups in total. The first kappa shape index (κ1) is 14.6. The van der Waals surface area contributed by atoms with Crippen LogP contribution in [0.3, 0.4) is 0 Å². The third-order valence-electron chi connectivity index (χ3n) is 3.03. The molecule has 1 fully saturated rings. The Labute approximate surface area is 123 Å². The summed E-state index contributed by atoms with van der Waals surface area (Å²) in [6.45, 7) is 2.12. The van der Waals surface area contributed by atoms with E-state index in [1.54, 1.807) is 5.54 Å². The summed E-state index contributed by atoms with van der Waals surface area (Å²) in [5.41, 5.74) is 1.44. The van der Waals surface area contributed by atoms with Gasteiger partial charge in [-0.2, -0.15) is 0 Å². The van der Waals surface area contributed by atoms with Gasteiger partial charge in [0, 0.05) is 27.0 Å². The second-order valence-corrected chi connectivity index (χ2v) is 8.04. The minimum atomic E-state index is -0.106. The molecule has 0 heterocycles. The van der Waals surface area contributed by atoms with Crippen LogP contribution in [0.4, 0.5) is 0 Å². The highest BCUT2D eigenvalue weighted by Crippen LogP contribution is 2.52. The molecule has 5 heteroatoms. The van der Waals surface area contributed by atoms with E-state index in [0.717, 1.165) is 12.8 Å². The molecule has 1 aliphatic rings. The molecular weight excluding hydrogens is 386 g/mol. The Morgan fingerprint density at radius 2 is 2.13 bits per heavy atom. The highest BCUT2D eigenvalue weighted by atomic mass is 79.9. The number of allylic oxidation sites excluding steroid dienone is 1. The average Bonchev–Trinajstić information content (AvgIpc) is 2.15. The predicted octanol–water partition coefficient (Wildman–Crippen LogP) is 5.28. The Balaban J connectivity index is 2.94. The maximum atomic E-state index is 6.38. The third kappa shape index (κ3) is 3.07. The minimum Gasteiger partial charge on any atom is -0.125 e. The van der Waals surface area contributed by atoms with E-state index in [1.165, 1.54) is 0 Å². The second kappa shape index (κ2) is 5.48. The molecular formula is C10H13Br2Cl3. The summed E-state index contributed by atoms with van der Waals surface area (Å²) in [6, 6.07) is 0. The molecule has 1 saturated carbocycles. The van der Waals surface area contributed by atoms with Crippen LogP contribution in [0.25, 0.3) is 0 Å². The minimum absolute atomic E-state index is 0.0748. The molecule has 0 radical (unpaired) electrons. The van der Waals surface area contributed by atoms with E-state index >= 15 is 0 Å². The predicted molar refractivity (Wildman–Crippen MR) is 77.1 cm³/mol. The van der Waals surface area contributed by atoms with Crippen LogP contribution in [0.15, 0.2) is 11.6 Å². The Morgan fingerprint density at radius 1 is 1.53 bits per heavy atom. The van der Waals surface area contributed by atoms with Crippen LogP contribution in [0.5, 0.6) is 0 Å². The lowest BCUT2D eigenvalue weighted by Crippen LogP contribution is -2.49. The molecule has 4 atom stereocenters. The molecule has 0 unspecified atom stereocenters. The molecule has 0 spiro atoms. The molecule has 0 amide bonds. The molecule has 1 aliphatic carbocycles. The van der Waals surface area contributed by atoms with E-state index in [0.29, 0.717) is 10.7 Å². The lowest BCUT2D eigenvalue weighted by Gasteiger charge is -2.47. The van der Waals surface area contributed by atoms with E-state index in [-0.39, 0.29) is 15.1 Å². The molecule has 0 aromatic heterocycles. The number of hydrogen-bond acceptors (Lipinski definition) is 0. The van der Waals surface area contributed by atoms with Gasteiger partial charge in [-0.25, -0.2) is 0 Å². The van der Waals surface area contributed by atoms with Crippen molar-refractivity contribution in [1.82, 2.24) is 0 Å². The summed E-state index contributed by atoms with van der Waals surface area (Å²) in [5.74, 6) is 0.554. The van der Waals surface area contributed by atoms with E-state index < -0.39 is 0 Å². The first-order valence-corrected chi connectivity index (χ1v) is 7.80. The van der Waals surface area contributed by atoms with Crippen LogP contribution >= 0.6 is 66.7 Å². The van der Waals surface area contributed by atoms with Gasteiger partial charge in [-0.1, -0.05) is 56.5 Å². The lowest BCUT2D eigenvalue weighted by atomic mass is 9.71. The quantitative estimate of drug-likeness (QED) is 0.554. The molecule has 0 aromatic rings. The standard InChI is InChI=1S/C10H13Br2Cl3/c1-9(2-3-13)5-10(12,6-14)7(11)4-8(9)15/h2-3,7-8H,4-6H2,1H3/b3-2+/t7-,8+,9-,10-/m1/s1. The van der Waals surface area contributed by atoms with Gasteiger partial charge in [-0.15, -0.1) is 23.2 Å². The number of halogens is 5. The Kier molecular flexibility index (Phi) is 5.34. The third-order valence-corrected chi connectivity index (χ3v) is 7.61. The zero-order chi connectivity index (χ0) is 11.7. The van der Waals surface area contributed by atoms with Gasteiger partial charge in [0.25, 0.3) is 0 Å². The number of rotatable bonds is 2. The van der Waals surface area contributed by atoms with E-state index in [4.69, 9.17) is 34.8 Å². The normalized spacial score (nSPS) is 47.3.